The van der Waals surface area contributed by atoms with E-state index in [4.69, 9.17) is 16.3 Å². The van der Waals surface area contributed by atoms with Gasteiger partial charge in [0.15, 0.2) is 4.80 Å². The molecule has 1 aliphatic rings. The maximum atomic E-state index is 12.9. The molecule has 1 saturated heterocycles. The Kier molecular flexibility index (Phi) is 7.65. The number of ether oxygens (including phenoxy) is 1. The molecule has 0 saturated carbocycles. The molecule has 0 atom stereocenters. The van der Waals surface area contributed by atoms with Crippen LogP contribution in [0.4, 0.5) is 0 Å². The molecule has 7 nitrogen and oxygen atoms in total. The summed E-state index contributed by atoms with van der Waals surface area (Å²) in [5.74, 6) is -0.431. The van der Waals surface area contributed by atoms with E-state index >= 15 is 0 Å². The van der Waals surface area contributed by atoms with E-state index in [1.807, 2.05) is 23.6 Å². The predicted octanol–water partition coefficient (Wildman–Crippen LogP) is 4.31. The van der Waals surface area contributed by atoms with Gasteiger partial charge in [-0.1, -0.05) is 29.4 Å². The fraction of sp³-hybridized carbons (Fsp3) is 0.391. The number of piperidine rings is 1. The molecule has 0 spiro atoms. The first-order chi connectivity index (χ1) is 15.9. The highest BCUT2D eigenvalue weighted by atomic mass is 35.5. The molecule has 1 fully saturated rings. The molecule has 10 heteroatoms. The maximum absolute atomic E-state index is 12.9. The van der Waals surface area contributed by atoms with Crippen molar-refractivity contribution in [3.63, 3.8) is 0 Å². The van der Waals surface area contributed by atoms with E-state index in [2.05, 4.69) is 4.99 Å². The molecular weight excluding hydrogens is 482 g/mol. The van der Waals surface area contributed by atoms with Gasteiger partial charge in [0.2, 0.25) is 10.0 Å². The Labute approximate surface area is 202 Å². The highest BCUT2D eigenvalue weighted by Crippen LogP contribution is 2.23. The molecule has 2 aromatic carbocycles. The summed E-state index contributed by atoms with van der Waals surface area (Å²) in [6.07, 6.45) is 2.80. The van der Waals surface area contributed by atoms with Crippen LogP contribution in [0.15, 0.2) is 52.4 Å². The van der Waals surface area contributed by atoms with E-state index in [0.717, 1.165) is 29.5 Å². The number of thiazole rings is 1. The van der Waals surface area contributed by atoms with Crippen molar-refractivity contribution in [2.45, 2.75) is 37.6 Å². The van der Waals surface area contributed by atoms with Crippen molar-refractivity contribution in [1.82, 2.24) is 8.87 Å². The molecule has 0 unspecified atom stereocenters. The maximum Gasteiger partial charge on any atom is 0.279 e. The number of aromatic nitrogens is 1. The number of carbonyl (C=O) groups is 1. The lowest BCUT2D eigenvalue weighted by Gasteiger charge is -2.25. The average Bonchev–Trinajstić information content (AvgIpc) is 3.15. The van der Waals surface area contributed by atoms with Gasteiger partial charge in [0.25, 0.3) is 5.91 Å². The second-order valence-corrected chi connectivity index (χ2v) is 11.1. The number of nitrogens with zero attached hydrogens (tertiary/aromatic N) is 3. The van der Waals surface area contributed by atoms with E-state index in [0.29, 0.717) is 48.2 Å². The Morgan fingerprint density at radius 2 is 1.85 bits per heavy atom. The van der Waals surface area contributed by atoms with Crippen molar-refractivity contribution in [3.8, 4) is 0 Å². The average molecular weight is 508 g/mol. The van der Waals surface area contributed by atoms with Crippen molar-refractivity contribution < 1.29 is 17.9 Å². The van der Waals surface area contributed by atoms with Crippen LogP contribution in [0.25, 0.3) is 10.2 Å². The van der Waals surface area contributed by atoms with Gasteiger partial charge in [-0.05, 0) is 62.2 Å². The van der Waals surface area contributed by atoms with Gasteiger partial charge in [-0.3, -0.25) is 4.79 Å². The number of fused-ring (bicyclic) bond motifs is 1. The lowest BCUT2D eigenvalue weighted by atomic mass is 10.2. The molecule has 2 heterocycles. The molecule has 0 bridgehead atoms. The normalized spacial score (nSPS) is 15.9. The van der Waals surface area contributed by atoms with Gasteiger partial charge in [0, 0.05) is 36.8 Å². The minimum atomic E-state index is -3.54. The molecule has 3 aromatic rings. The summed E-state index contributed by atoms with van der Waals surface area (Å²) in [4.78, 5) is 18.0. The van der Waals surface area contributed by atoms with Gasteiger partial charge in [-0.2, -0.15) is 9.30 Å². The lowest BCUT2D eigenvalue weighted by Crippen LogP contribution is -2.35. The SMILES string of the molecule is CCOCCn1c(=NC(=O)c2ccc(S(=O)(=O)N3CCCCC3)cc2)sc2cc(Cl)ccc21. The summed E-state index contributed by atoms with van der Waals surface area (Å²) in [6.45, 7) is 4.66. The Morgan fingerprint density at radius 3 is 2.55 bits per heavy atom. The molecule has 1 aliphatic heterocycles. The first-order valence-electron chi connectivity index (χ1n) is 11.0. The van der Waals surface area contributed by atoms with Crippen molar-refractivity contribution in [1.29, 1.82) is 0 Å². The summed E-state index contributed by atoms with van der Waals surface area (Å²) < 4.78 is 35.6. The van der Waals surface area contributed by atoms with Gasteiger partial charge < -0.3 is 9.30 Å². The smallest absolute Gasteiger partial charge is 0.279 e. The summed E-state index contributed by atoms with van der Waals surface area (Å²) in [5, 5.41) is 0.615. The number of halogens is 1. The van der Waals surface area contributed by atoms with Gasteiger partial charge in [-0.15, -0.1) is 0 Å². The Morgan fingerprint density at radius 1 is 1.12 bits per heavy atom. The van der Waals surface area contributed by atoms with Crippen molar-refractivity contribution >= 4 is 49.1 Å². The minimum absolute atomic E-state index is 0.198. The number of rotatable bonds is 7. The molecular formula is C23H26ClN3O4S2. The number of sulfonamides is 1. The number of hydrogen-bond acceptors (Lipinski definition) is 5. The highest BCUT2D eigenvalue weighted by Gasteiger charge is 2.26. The fourth-order valence-corrected chi connectivity index (χ4v) is 6.67. The third-order valence-electron chi connectivity index (χ3n) is 5.56. The van der Waals surface area contributed by atoms with Gasteiger partial charge in [-0.25, -0.2) is 8.42 Å². The zero-order chi connectivity index (χ0) is 23.4. The van der Waals surface area contributed by atoms with Gasteiger partial charge in [0.05, 0.1) is 21.7 Å². The first kappa shape index (κ1) is 24.1. The Hall–Kier alpha value is -2.04. The summed E-state index contributed by atoms with van der Waals surface area (Å²) >= 11 is 7.52. The Balaban J connectivity index is 1.63. The molecule has 176 valence electrons. The molecule has 1 aromatic heterocycles. The third-order valence-corrected chi connectivity index (χ3v) is 8.75. The van der Waals surface area contributed by atoms with Crippen LogP contribution in [0.1, 0.15) is 36.5 Å². The van der Waals surface area contributed by atoms with Crippen LogP contribution in [-0.4, -0.2) is 49.5 Å². The zero-order valence-electron chi connectivity index (χ0n) is 18.4. The molecule has 0 aliphatic carbocycles. The van der Waals surface area contributed by atoms with Crippen molar-refractivity contribution in [2.75, 3.05) is 26.3 Å². The topological polar surface area (TPSA) is 81.0 Å². The summed E-state index contributed by atoms with van der Waals surface area (Å²) in [7, 11) is -3.54. The van der Waals surface area contributed by atoms with E-state index in [1.54, 1.807) is 6.07 Å². The highest BCUT2D eigenvalue weighted by molar-refractivity contribution is 7.89. The second kappa shape index (κ2) is 10.5. The van der Waals surface area contributed by atoms with Crippen molar-refractivity contribution in [2.24, 2.45) is 4.99 Å². The molecule has 1 amide bonds. The van der Waals surface area contributed by atoms with Crippen LogP contribution < -0.4 is 4.80 Å². The number of carbonyl (C=O) groups excluding carboxylic acids is 1. The molecule has 0 N–H and O–H groups in total. The fourth-order valence-electron chi connectivity index (χ4n) is 3.82. The van der Waals surface area contributed by atoms with Gasteiger partial charge in [0.1, 0.15) is 0 Å². The number of benzene rings is 2. The van der Waals surface area contributed by atoms with Crippen LogP contribution in [0.2, 0.25) is 5.02 Å². The van der Waals surface area contributed by atoms with Crippen LogP contribution in [-0.2, 0) is 21.3 Å². The third kappa shape index (κ3) is 5.38. The standard InChI is InChI=1S/C23H26ClN3O4S2/c1-2-31-15-14-27-20-11-8-18(24)16-21(20)32-23(27)25-22(28)17-6-9-19(10-7-17)33(29,30)26-12-4-3-5-13-26/h6-11,16H,2-5,12-15H2,1H3. The van der Waals surface area contributed by atoms with Crippen molar-refractivity contribution in [3.05, 3.63) is 57.9 Å². The number of amides is 1. The van der Waals surface area contributed by atoms with Crippen LogP contribution in [0, 0.1) is 0 Å². The monoisotopic (exact) mass is 507 g/mol. The minimum Gasteiger partial charge on any atom is -0.380 e. The lowest BCUT2D eigenvalue weighted by molar-refractivity contribution is 0.0996. The van der Waals surface area contributed by atoms with E-state index < -0.39 is 15.9 Å². The van der Waals surface area contributed by atoms with E-state index in [9.17, 15) is 13.2 Å². The quantitative estimate of drug-likeness (QED) is 0.446. The van der Waals surface area contributed by atoms with Crippen LogP contribution in [0.3, 0.4) is 0 Å². The van der Waals surface area contributed by atoms with Crippen LogP contribution in [0.5, 0.6) is 0 Å². The summed E-state index contributed by atoms with van der Waals surface area (Å²) in [6, 6.07) is 11.6. The van der Waals surface area contributed by atoms with E-state index in [-0.39, 0.29) is 4.90 Å². The molecule has 4 rings (SSSR count). The second-order valence-electron chi connectivity index (χ2n) is 7.75. The predicted molar refractivity (Wildman–Crippen MR) is 130 cm³/mol. The van der Waals surface area contributed by atoms with Crippen LogP contribution >= 0.6 is 22.9 Å². The first-order valence-corrected chi connectivity index (χ1v) is 13.6. The van der Waals surface area contributed by atoms with Gasteiger partial charge >= 0.3 is 0 Å². The Bertz CT molecular complexity index is 1310. The molecule has 0 radical (unpaired) electrons. The van der Waals surface area contributed by atoms with E-state index in [1.165, 1.54) is 39.9 Å². The summed E-state index contributed by atoms with van der Waals surface area (Å²) in [5.41, 5.74) is 1.26. The zero-order valence-corrected chi connectivity index (χ0v) is 20.8. The number of hydrogen-bond donors (Lipinski definition) is 0. The largest absolute Gasteiger partial charge is 0.380 e. The molecule has 33 heavy (non-hydrogen) atoms.